The van der Waals surface area contributed by atoms with Gasteiger partial charge >= 0.3 is 0 Å². The lowest BCUT2D eigenvalue weighted by molar-refractivity contribution is -0.384. The van der Waals surface area contributed by atoms with Gasteiger partial charge in [-0.2, -0.15) is 5.10 Å². The first-order chi connectivity index (χ1) is 9.58. The number of non-ortho nitro benzene ring substituents is 1. The smallest absolute Gasteiger partial charge is 0.270 e. The third-order valence-corrected chi connectivity index (χ3v) is 3.14. The van der Waals surface area contributed by atoms with Gasteiger partial charge in [0.05, 0.1) is 11.1 Å². The van der Waals surface area contributed by atoms with E-state index in [-0.39, 0.29) is 10.8 Å². The summed E-state index contributed by atoms with van der Waals surface area (Å²) in [4.78, 5) is 12.6. The molecule has 0 saturated carbocycles. The number of nitrogens with zero attached hydrogens (tertiary/aromatic N) is 3. The Morgan fingerprint density at radius 3 is 2.80 bits per heavy atom. The fourth-order valence-electron chi connectivity index (χ4n) is 2.17. The van der Waals surface area contributed by atoms with Gasteiger partial charge in [-0.3, -0.25) is 15.5 Å². The van der Waals surface area contributed by atoms with Crippen LogP contribution in [0.5, 0.6) is 0 Å². The summed E-state index contributed by atoms with van der Waals surface area (Å²) in [5, 5.41) is 14.8. The van der Waals surface area contributed by atoms with E-state index in [9.17, 15) is 10.1 Å². The van der Waals surface area contributed by atoms with Gasteiger partial charge in [0.1, 0.15) is 0 Å². The molecule has 106 valence electrons. The Balaban J connectivity index is 2.31. The van der Waals surface area contributed by atoms with Gasteiger partial charge in [-0.05, 0) is 31.1 Å². The predicted molar refractivity (Wildman–Crippen MR) is 82.1 cm³/mol. The fraction of sp³-hybridized carbons (Fsp3) is 0.333. The van der Waals surface area contributed by atoms with Crippen LogP contribution in [-0.2, 0) is 0 Å². The number of hydrogen-bond donors (Lipinski definition) is 2. The molecule has 1 fully saturated rings. The Labute approximate surface area is 121 Å². The Kier molecular flexibility index (Phi) is 4.46. The van der Waals surface area contributed by atoms with Crippen LogP contribution in [0.2, 0.25) is 0 Å². The van der Waals surface area contributed by atoms with Gasteiger partial charge in [-0.15, -0.1) is 0 Å². The van der Waals surface area contributed by atoms with E-state index in [0.717, 1.165) is 31.6 Å². The number of nitrogens with one attached hydrogen (secondary N) is 1. The highest BCUT2D eigenvalue weighted by atomic mass is 32.1. The normalized spacial score (nSPS) is 14.7. The maximum atomic E-state index is 10.9. The Morgan fingerprint density at radius 1 is 1.50 bits per heavy atom. The van der Waals surface area contributed by atoms with Gasteiger partial charge < -0.3 is 10.6 Å². The van der Waals surface area contributed by atoms with Crippen LogP contribution < -0.4 is 16.1 Å². The van der Waals surface area contributed by atoms with E-state index in [4.69, 9.17) is 5.73 Å². The molecule has 0 spiro atoms. The first-order valence-corrected chi connectivity index (χ1v) is 6.60. The molecule has 0 amide bonds. The first-order valence-electron chi connectivity index (χ1n) is 6.20. The molecule has 0 radical (unpaired) electrons. The summed E-state index contributed by atoms with van der Waals surface area (Å²) in [5.41, 5.74) is 9.37. The van der Waals surface area contributed by atoms with Crippen LogP contribution in [0.4, 0.5) is 11.4 Å². The Bertz CT molecular complexity index is 555. The summed E-state index contributed by atoms with van der Waals surface area (Å²) in [7, 11) is 0. The zero-order valence-electron chi connectivity index (χ0n) is 10.8. The molecule has 3 N–H and O–H groups in total. The number of nitro benzene ring substituents is 1. The van der Waals surface area contributed by atoms with Crippen molar-refractivity contribution in [3.8, 4) is 0 Å². The van der Waals surface area contributed by atoms with Crippen LogP contribution in [0.15, 0.2) is 23.3 Å². The standard InChI is InChI=1S/C12H15N5O2S/c13-12(20)15-14-8-9-7-10(17(18)19)3-4-11(9)16-5-1-2-6-16/h3-4,7-8H,1-2,5-6H2,(H3,13,15,20)/b14-8-. The van der Waals surface area contributed by atoms with E-state index >= 15 is 0 Å². The summed E-state index contributed by atoms with van der Waals surface area (Å²) < 4.78 is 0. The van der Waals surface area contributed by atoms with Crippen molar-refractivity contribution in [1.29, 1.82) is 0 Å². The molecule has 0 aliphatic carbocycles. The number of hydrazone groups is 1. The van der Waals surface area contributed by atoms with Gasteiger partial charge in [-0.25, -0.2) is 0 Å². The highest BCUT2D eigenvalue weighted by Gasteiger charge is 2.17. The lowest BCUT2D eigenvalue weighted by atomic mass is 10.1. The summed E-state index contributed by atoms with van der Waals surface area (Å²) in [6, 6.07) is 4.76. The molecular weight excluding hydrogens is 278 g/mol. The summed E-state index contributed by atoms with van der Waals surface area (Å²) in [5.74, 6) is 0. The molecular formula is C12H15N5O2S. The predicted octanol–water partition coefficient (Wildman–Crippen LogP) is 1.36. The number of benzene rings is 1. The second kappa shape index (κ2) is 6.29. The van der Waals surface area contributed by atoms with Crippen molar-refractivity contribution < 1.29 is 4.92 Å². The Hall–Kier alpha value is -2.22. The number of thiocarbonyl (C=S) groups is 1. The third-order valence-electron chi connectivity index (χ3n) is 3.05. The second-order valence-electron chi connectivity index (χ2n) is 4.43. The molecule has 8 heteroatoms. The second-order valence-corrected chi connectivity index (χ2v) is 4.87. The van der Waals surface area contributed by atoms with Crippen LogP contribution in [0.25, 0.3) is 0 Å². The SMILES string of the molecule is NC(=S)N/N=C\c1cc([N+](=O)[O-])ccc1N1CCCC1. The largest absolute Gasteiger partial charge is 0.375 e. The van der Waals surface area contributed by atoms with E-state index in [1.165, 1.54) is 18.3 Å². The van der Waals surface area contributed by atoms with Crippen LogP contribution in [0.1, 0.15) is 18.4 Å². The number of nitro groups is 1. The Morgan fingerprint density at radius 2 is 2.20 bits per heavy atom. The molecule has 7 nitrogen and oxygen atoms in total. The zero-order valence-corrected chi connectivity index (χ0v) is 11.6. The van der Waals surface area contributed by atoms with Crippen LogP contribution in [0.3, 0.4) is 0 Å². The molecule has 2 rings (SSSR count). The van der Waals surface area contributed by atoms with Crippen molar-refractivity contribution >= 4 is 34.9 Å². The average molecular weight is 293 g/mol. The van der Waals surface area contributed by atoms with Crippen molar-refractivity contribution in [3.63, 3.8) is 0 Å². The lowest BCUT2D eigenvalue weighted by Gasteiger charge is -2.19. The maximum Gasteiger partial charge on any atom is 0.270 e. The van der Waals surface area contributed by atoms with E-state index < -0.39 is 4.92 Å². The van der Waals surface area contributed by atoms with E-state index in [0.29, 0.717) is 5.56 Å². The minimum Gasteiger partial charge on any atom is -0.375 e. The molecule has 1 aromatic carbocycles. The third kappa shape index (κ3) is 3.41. The fourth-order valence-corrected chi connectivity index (χ4v) is 2.22. The van der Waals surface area contributed by atoms with E-state index in [2.05, 4.69) is 27.6 Å². The van der Waals surface area contributed by atoms with Crippen molar-refractivity contribution in [2.45, 2.75) is 12.8 Å². The van der Waals surface area contributed by atoms with E-state index in [1.54, 1.807) is 6.07 Å². The minimum atomic E-state index is -0.425. The van der Waals surface area contributed by atoms with Crippen molar-refractivity contribution in [1.82, 2.24) is 5.43 Å². The molecule has 0 aromatic heterocycles. The topological polar surface area (TPSA) is 96.8 Å². The van der Waals surface area contributed by atoms with Gasteiger partial charge in [0.15, 0.2) is 5.11 Å². The molecule has 20 heavy (non-hydrogen) atoms. The molecule has 1 saturated heterocycles. The summed E-state index contributed by atoms with van der Waals surface area (Å²) in [6.07, 6.45) is 3.75. The van der Waals surface area contributed by atoms with Crippen molar-refractivity contribution in [2.24, 2.45) is 10.8 Å². The molecule has 1 aliphatic heterocycles. The van der Waals surface area contributed by atoms with Crippen LogP contribution in [0, 0.1) is 10.1 Å². The molecule has 0 unspecified atom stereocenters. The zero-order chi connectivity index (χ0) is 14.5. The van der Waals surface area contributed by atoms with Crippen LogP contribution >= 0.6 is 12.2 Å². The van der Waals surface area contributed by atoms with Crippen LogP contribution in [-0.4, -0.2) is 29.3 Å². The highest BCUT2D eigenvalue weighted by Crippen LogP contribution is 2.27. The molecule has 0 atom stereocenters. The number of anilines is 1. The number of hydrogen-bond acceptors (Lipinski definition) is 5. The first kappa shape index (κ1) is 14.2. The number of nitrogens with two attached hydrogens (primary N) is 1. The summed E-state index contributed by atoms with van der Waals surface area (Å²) >= 11 is 4.65. The van der Waals surface area contributed by atoms with Gasteiger partial charge in [0.25, 0.3) is 5.69 Å². The van der Waals surface area contributed by atoms with E-state index in [1.807, 2.05) is 0 Å². The maximum absolute atomic E-state index is 10.9. The lowest BCUT2D eigenvalue weighted by Crippen LogP contribution is -2.24. The van der Waals surface area contributed by atoms with Crippen molar-refractivity contribution in [2.75, 3.05) is 18.0 Å². The molecule has 1 aromatic rings. The molecule has 0 bridgehead atoms. The highest BCUT2D eigenvalue weighted by molar-refractivity contribution is 7.80. The van der Waals surface area contributed by atoms with Gasteiger partial charge in [0, 0.05) is 36.5 Å². The van der Waals surface area contributed by atoms with Gasteiger partial charge in [-0.1, -0.05) is 0 Å². The van der Waals surface area contributed by atoms with Crippen molar-refractivity contribution in [3.05, 3.63) is 33.9 Å². The molecule has 1 heterocycles. The summed E-state index contributed by atoms with van der Waals surface area (Å²) in [6.45, 7) is 1.89. The quantitative estimate of drug-likeness (QED) is 0.376. The number of rotatable bonds is 4. The molecule has 1 aliphatic rings. The minimum absolute atomic E-state index is 0.0321. The van der Waals surface area contributed by atoms with Gasteiger partial charge in [0.2, 0.25) is 0 Å². The average Bonchev–Trinajstić information content (AvgIpc) is 2.91. The monoisotopic (exact) mass is 293 g/mol.